The van der Waals surface area contributed by atoms with Crippen LogP contribution in [-0.4, -0.2) is 87.8 Å². The molecule has 1 amide bonds. The first kappa shape index (κ1) is 24.0. The number of benzene rings is 1. The number of aryl methyl sites for hydroxylation is 1. The third-order valence-corrected chi connectivity index (χ3v) is 5.06. The van der Waals surface area contributed by atoms with Crippen molar-refractivity contribution in [3.63, 3.8) is 0 Å². The highest BCUT2D eigenvalue weighted by Gasteiger charge is 2.17. The number of nitrogens with one attached hydrogen (secondary N) is 2. The van der Waals surface area contributed by atoms with Gasteiger partial charge in [-0.15, -0.1) is 0 Å². The number of hydrogen-bond donors (Lipinski definition) is 2. The molecule has 0 aromatic heterocycles. The minimum absolute atomic E-state index is 0.163. The minimum atomic E-state index is 0.163. The molecule has 1 fully saturated rings. The Morgan fingerprint density at radius 2 is 1.93 bits per heavy atom. The maximum Gasteiger partial charge on any atom is 0.219 e. The number of carbonyl (C=O) groups excluding carboxylic acids is 1. The molecule has 1 saturated heterocycles. The van der Waals surface area contributed by atoms with Crippen molar-refractivity contribution in [2.75, 3.05) is 66.1 Å². The maximum atomic E-state index is 11.4. The fourth-order valence-corrected chi connectivity index (χ4v) is 3.29. The van der Waals surface area contributed by atoms with Crippen molar-refractivity contribution < 1.29 is 14.3 Å². The Labute approximate surface area is 180 Å². The molecule has 0 unspecified atom stereocenters. The van der Waals surface area contributed by atoms with Crippen molar-refractivity contribution in [1.82, 2.24) is 20.4 Å². The van der Waals surface area contributed by atoms with Crippen molar-refractivity contribution >= 4 is 11.9 Å². The molecular formula is C22H37N5O3. The SMILES string of the molecule is CCNC(=NCc1ccc(C)cc1OCCOC)NCCN1CCN(C(C)=O)CC1. The normalized spacial score (nSPS) is 15.2. The van der Waals surface area contributed by atoms with Crippen LogP contribution in [0.1, 0.15) is 25.0 Å². The molecule has 0 atom stereocenters. The second-order valence-corrected chi connectivity index (χ2v) is 7.42. The van der Waals surface area contributed by atoms with Crippen LogP contribution >= 0.6 is 0 Å². The number of ether oxygens (including phenoxy) is 2. The molecule has 0 aliphatic carbocycles. The average Bonchev–Trinajstić information content (AvgIpc) is 2.73. The van der Waals surface area contributed by atoms with Crippen LogP contribution in [0.15, 0.2) is 23.2 Å². The van der Waals surface area contributed by atoms with E-state index in [1.807, 2.05) is 11.0 Å². The summed E-state index contributed by atoms with van der Waals surface area (Å²) in [7, 11) is 1.67. The monoisotopic (exact) mass is 419 g/mol. The van der Waals surface area contributed by atoms with Crippen LogP contribution in [0.2, 0.25) is 0 Å². The summed E-state index contributed by atoms with van der Waals surface area (Å²) in [5.74, 6) is 1.81. The van der Waals surface area contributed by atoms with Gasteiger partial charge < -0.3 is 25.0 Å². The molecule has 2 N–H and O–H groups in total. The molecular weight excluding hydrogens is 382 g/mol. The third kappa shape index (κ3) is 8.20. The Morgan fingerprint density at radius 3 is 2.60 bits per heavy atom. The number of rotatable bonds is 10. The summed E-state index contributed by atoms with van der Waals surface area (Å²) in [4.78, 5) is 20.5. The number of methoxy groups -OCH3 is 1. The molecule has 1 aromatic rings. The predicted molar refractivity (Wildman–Crippen MR) is 120 cm³/mol. The molecule has 1 aliphatic heterocycles. The molecule has 8 nitrogen and oxygen atoms in total. The topological polar surface area (TPSA) is 78.4 Å². The molecule has 0 radical (unpaired) electrons. The highest BCUT2D eigenvalue weighted by molar-refractivity contribution is 5.79. The summed E-state index contributed by atoms with van der Waals surface area (Å²) in [5.41, 5.74) is 2.21. The molecule has 0 bridgehead atoms. The fourth-order valence-electron chi connectivity index (χ4n) is 3.29. The van der Waals surface area contributed by atoms with Crippen molar-refractivity contribution in [1.29, 1.82) is 0 Å². The van der Waals surface area contributed by atoms with Gasteiger partial charge in [-0.3, -0.25) is 9.69 Å². The van der Waals surface area contributed by atoms with Crippen LogP contribution in [-0.2, 0) is 16.1 Å². The second-order valence-electron chi connectivity index (χ2n) is 7.42. The number of guanidine groups is 1. The third-order valence-electron chi connectivity index (χ3n) is 5.06. The number of carbonyl (C=O) groups is 1. The Bertz CT molecular complexity index is 687. The van der Waals surface area contributed by atoms with Gasteiger partial charge in [0.05, 0.1) is 13.2 Å². The van der Waals surface area contributed by atoms with Gasteiger partial charge in [-0.1, -0.05) is 12.1 Å². The molecule has 168 valence electrons. The van der Waals surface area contributed by atoms with Crippen LogP contribution < -0.4 is 15.4 Å². The van der Waals surface area contributed by atoms with E-state index in [2.05, 4.69) is 41.5 Å². The van der Waals surface area contributed by atoms with Gasteiger partial charge in [0.2, 0.25) is 5.91 Å². The molecule has 1 aliphatic rings. The first-order valence-corrected chi connectivity index (χ1v) is 10.7. The molecule has 1 heterocycles. The summed E-state index contributed by atoms with van der Waals surface area (Å²) in [6, 6.07) is 6.19. The molecule has 0 saturated carbocycles. The lowest BCUT2D eigenvalue weighted by Crippen LogP contribution is -2.50. The average molecular weight is 420 g/mol. The summed E-state index contributed by atoms with van der Waals surface area (Å²) in [5, 5.41) is 6.71. The summed E-state index contributed by atoms with van der Waals surface area (Å²) in [6.45, 7) is 13.3. The van der Waals surface area contributed by atoms with Gasteiger partial charge in [-0.2, -0.15) is 0 Å². The van der Waals surface area contributed by atoms with Gasteiger partial charge in [-0.25, -0.2) is 4.99 Å². The number of aliphatic imine (C=N–C) groups is 1. The van der Waals surface area contributed by atoms with E-state index in [1.165, 1.54) is 0 Å². The first-order valence-electron chi connectivity index (χ1n) is 10.7. The zero-order valence-electron chi connectivity index (χ0n) is 18.9. The summed E-state index contributed by atoms with van der Waals surface area (Å²) in [6.07, 6.45) is 0. The zero-order valence-corrected chi connectivity index (χ0v) is 18.9. The molecule has 0 spiro atoms. The van der Waals surface area contributed by atoms with Crippen molar-refractivity contribution in [2.45, 2.75) is 27.3 Å². The Kier molecular flexibility index (Phi) is 10.4. The lowest BCUT2D eigenvalue weighted by molar-refractivity contribution is -0.130. The van der Waals surface area contributed by atoms with E-state index in [9.17, 15) is 4.79 Å². The highest BCUT2D eigenvalue weighted by Crippen LogP contribution is 2.21. The minimum Gasteiger partial charge on any atom is -0.491 e. The van der Waals surface area contributed by atoms with Gasteiger partial charge >= 0.3 is 0 Å². The second kappa shape index (κ2) is 13.1. The Hall–Kier alpha value is -2.32. The van der Waals surface area contributed by atoms with Crippen LogP contribution in [0, 0.1) is 6.92 Å². The summed E-state index contributed by atoms with van der Waals surface area (Å²) < 4.78 is 10.9. The first-order chi connectivity index (χ1) is 14.5. The van der Waals surface area contributed by atoms with E-state index < -0.39 is 0 Å². The van der Waals surface area contributed by atoms with E-state index in [-0.39, 0.29) is 5.91 Å². The van der Waals surface area contributed by atoms with Crippen LogP contribution in [0.4, 0.5) is 0 Å². The highest BCUT2D eigenvalue weighted by atomic mass is 16.5. The Balaban J connectivity index is 1.86. The van der Waals surface area contributed by atoms with Crippen molar-refractivity contribution in [2.24, 2.45) is 4.99 Å². The molecule has 8 heteroatoms. The largest absolute Gasteiger partial charge is 0.491 e. The summed E-state index contributed by atoms with van der Waals surface area (Å²) >= 11 is 0. The van der Waals surface area contributed by atoms with Gasteiger partial charge in [0.15, 0.2) is 5.96 Å². The maximum absolute atomic E-state index is 11.4. The number of nitrogens with zero attached hydrogens (tertiary/aromatic N) is 3. The van der Waals surface area contributed by atoms with Gasteiger partial charge in [0, 0.05) is 65.4 Å². The fraction of sp³-hybridized carbons (Fsp3) is 0.636. The van der Waals surface area contributed by atoms with Gasteiger partial charge in [0.1, 0.15) is 12.4 Å². The standard InChI is InChI=1S/C22H37N5O3/c1-5-23-22(24-8-9-26-10-12-27(13-11-26)19(3)28)25-17-20-7-6-18(2)16-21(20)30-15-14-29-4/h6-7,16H,5,8-15,17H2,1-4H3,(H2,23,24,25). The van der Waals surface area contributed by atoms with E-state index >= 15 is 0 Å². The van der Waals surface area contributed by atoms with Gasteiger partial charge in [-0.05, 0) is 25.5 Å². The predicted octanol–water partition coefficient (Wildman–Crippen LogP) is 1.24. The van der Waals surface area contributed by atoms with E-state index in [0.717, 1.165) is 68.6 Å². The number of piperazine rings is 1. The molecule has 1 aromatic carbocycles. The van der Waals surface area contributed by atoms with Crippen LogP contribution in [0.5, 0.6) is 5.75 Å². The van der Waals surface area contributed by atoms with Gasteiger partial charge in [0.25, 0.3) is 0 Å². The van der Waals surface area contributed by atoms with Crippen molar-refractivity contribution in [3.05, 3.63) is 29.3 Å². The lowest BCUT2D eigenvalue weighted by atomic mass is 10.1. The number of hydrogen-bond acceptors (Lipinski definition) is 5. The Morgan fingerprint density at radius 1 is 1.17 bits per heavy atom. The van der Waals surface area contributed by atoms with Crippen LogP contribution in [0.25, 0.3) is 0 Å². The molecule has 2 rings (SSSR count). The van der Waals surface area contributed by atoms with Crippen LogP contribution in [0.3, 0.4) is 0 Å². The van der Waals surface area contributed by atoms with E-state index in [0.29, 0.717) is 19.8 Å². The lowest BCUT2D eigenvalue weighted by Gasteiger charge is -2.34. The number of amides is 1. The van der Waals surface area contributed by atoms with E-state index in [1.54, 1.807) is 14.0 Å². The van der Waals surface area contributed by atoms with Crippen molar-refractivity contribution in [3.8, 4) is 5.75 Å². The zero-order chi connectivity index (χ0) is 21.8. The smallest absolute Gasteiger partial charge is 0.219 e. The quantitative estimate of drug-likeness (QED) is 0.338. The van der Waals surface area contributed by atoms with E-state index in [4.69, 9.17) is 14.5 Å². The molecule has 30 heavy (non-hydrogen) atoms.